The molecule has 1 atom stereocenters. The highest BCUT2D eigenvalue weighted by Gasteiger charge is 2.35. The zero-order valence-corrected chi connectivity index (χ0v) is 14.4. The number of rotatable bonds is 3. The normalized spacial score (nSPS) is 20.4. The first-order valence-electron chi connectivity index (χ1n) is 8.16. The molecule has 3 N–H and O–H groups in total. The minimum Gasteiger partial charge on any atom is -0.338 e. The summed E-state index contributed by atoms with van der Waals surface area (Å²) in [7, 11) is 0. The first-order valence-corrected chi connectivity index (χ1v) is 8.16. The number of carbonyl (C=O) groups is 2. The van der Waals surface area contributed by atoms with Gasteiger partial charge < -0.3 is 16.0 Å². The third kappa shape index (κ3) is 4.10. The Morgan fingerprint density at radius 1 is 1.26 bits per heavy atom. The van der Waals surface area contributed by atoms with Crippen molar-refractivity contribution in [3.05, 3.63) is 29.8 Å². The SMILES string of the molecule is CC(C)C(=O)Nc1ccc(C(=O)N2CCC(N)C(C)(C)C2)cc1. The Morgan fingerprint density at radius 2 is 1.87 bits per heavy atom. The highest BCUT2D eigenvalue weighted by atomic mass is 16.2. The fourth-order valence-electron chi connectivity index (χ4n) is 2.71. The zero-order valence-electron chi connectivity index (χ0n) is 14.4. The number of benzene rings is 1. The van der Waals surface area contributed by atoms with Gasteiger partial charge in [0.15, 0.2) is 0 Å². The van der Waals surface area contributed by atoms with Gasteiger partial charge in [0.05, 0.1) is 0 Å². The third-order valence-electron chi connectivity index (χ3n) is 4.52. The molecule has 0 radical (unpaired) electrons. The van der Waals surface area contributed by atoms with Gasteiger partial charge in [-0.15, -0.1) is 0 Å². The molecule has 0 saturated carbocycles. The molecule has 5 nitrogen and oxygen atoms in total. The van der Waals surface area contributed by atoms with Crippen LogP contribution >= 0.6 is 0 Å². The molecule has 5 heteroatoms. The van der Waals surface area contributed by atoms with Crippen molar-refractivity contribution < 1.29 is 9.59 Å². The highest BCUT2D eigenvalue weighted by molar-refractivity contribution is 5.96. The summed E-state index contributed by atoms with van der Waals surface area (Å²) in [5.74, 6) is -0.0846. The highest BCUT2D eigenvalue weighted by Crippen LogP contribution is 2.28. The smallest absolute Gasteiger partial charge is 0.253 e. The number of nitrogens with one attached hydrogen (secondary N) is 1. The molecule has 2 rings (SSSR count). The number of anilines is 1. The summed E-state index contributed by atoms with van der Waals surface area (Å²) >= 11 is 0. The van der Waals surface area contributed by atoms with E-state index in [-0.39, 0.29) is 29.2 Å². The lowest BCUT2D eigenvalue weighted by Crippen LogP contribution is -2.53. The molecule has 1 fully saturated rings. The molecule has 1 saturated heterocycles. The van der Waals surface area contributed by atoms with Crippen molar-refractivity contribution in [2.75, 3.05) is 18.4 Å². The second-order valence-corrected chi connectivity index (χ2v) is 7.33. The van der Waals surface area contributed by atoms with E-state index in [1.807, 2.05) is 18.7 Å². The van der Waals surface area contributed by atoms with E-state index < -0.39 is 0 Å². The summed E-state index contributed by atoms with van der Waals surface area (Å²) < 4.78 is 0. The molecule has 2 amide bonds. The predicted octanol–water partition coefficient (Wildman–Crippen LogP) is 2.48. The second kappa shape index (κ2) is 6.71. The number of hydrogen-bond acceptors (Lipinski definition) is 3. The molecule has 1 aromatic carbocycles. The summed E-state index contributed by atoms with van der Waals surface area (Å²) in [6, 6.07) is 7.20. The lowest BCUT2D eigenvalue weighted by molar-refractivity contribution is -0.118. The van der Waals surface area contributed by atoms with Crippen LogP contribution in [0, 0.1) is 11.3 Å². The van der Waals surface area contributed by atoms with Crippen LogP contribution < -0.4 is 11.1 Å². The van der Waals surface area contributed by atoms with Crippen LogP contribution in [-0.2, 0) is 4.79 Å². The first-order chi connectivity index (χ1) is 10.7. The fourth-order valence-corrected chi connectivity index (χ4v) is 2.71. The van der Waals surface area contributed by atoms with Crippen LogP contribution in [0.4, 0.5) is 5.69 Å². The molecular weight excluding hydrogens is 290 g/mol. The van der Waals surface area contributed by atoms with E-state index >= 15 is 0 Å². The van der Waals surface area contributed by atoms with E-state index in [0.29, 0.717) is 24.3 Å². The van der Waals surface area contributed by atoms with Crippen molar-refractivity contribution in [1.82, 2.24) is 4.90 Å². The van der Waals surface area contributed by atoms with E-state index in [9.17, 15) is 9.59 Å². The molecule has 1 aliphatic heterocycles. The maximum atomic E-state index is 12.6. The lowest BCUT2D eigenvalue weighted by atomic mass is 9.79. The number of carbonyl (C=O) groups excluding carboxylic acids is 2. The summed E-state index contributed by atoms with van der Waals surface area (Å²) in [5, 5.41) is 2.83. The van der Waals surface area contributed by atoms with Gasteiger partial charge in [0.2, 0.25) is 5.91 Å². The van der Waals surface area contributed by atoms with Crippen LogP contribution in [0.3, 0.4) is 0 Å². The van der Waals surface area contributed by atoms with Crippen molar-refractivity contribution in [1.29, 1.82) is 0 Å². The van der Waals surface area contributed by atoms with Crippen LogP contribution in [0.2, 0.25) is 0 Å². The lowest BCUT2D eigenvalue weighted by Gasteiger charge is -2.42. The Bertz CT molecular complexity index is 578. The average Bonchev–Trinajstić information content (AvgIpc) is 2.50. The number of amides is 2. The van der Waals surface area contributed by atoms with Gasteiger partial charge in [-0.1, -0.05) is 27.7 Å². The number of nitrogens with zero attached hydrogens (tertiary/aromatic N) is 1. The van der Waals surface area contributed by atoms with Crippen molar-refractivity contribution in [3.63, 3.8) is 0 Å². The van der Waals surface area contributed by atoms with Gasteiger partial charge in [-0.25, -0.2) is 0 Å². The molecule has 1 heterocycles. The Kier molecular flexibility index (Phi) is 5.09. The Balaban J connectivity index is 2.04. The second-order valence-electron chi connectivity index (χ2n) is 7.33. The van der Waals surface area contributed by atoms with Gasteiger partial charge in [0.1, 0.15) is 0 Å². The summed E-state index contributed by atoms with van der Waals surface area (Å²) in [5.41, 5.74) is 7.40. The molecule has 126 valence electrons. The van der Waals surface area contributed by atoms with Crippen LogP contribution in [0.25, 0.3) is 0 Å². The number of piperidine rings is 1. The minimum atomic E-state index is -0.0731. The molecule has 1 unspecified atom stereocenters. The van der Waals surface area contributed by atoms with E-state index in [4.69, 9.17) is 5.73 Å². The van der Waals surface area contributed by atoms with E-state index in [1.54, 1.807) is 24.3 Å². The molecule has 0 spiro atoms. The van der Waals surface area contributed by atoms with E-state index in [2.05, 4.69) is 19.2 Å². The summed E-state index contributed by atoms with van der Waals surface area (Å²) in [6.07, 6.45) is 0.821. The van der Waals surface area contributed by atoms with Crippen molar-refractivity contribution in [2.24, 2.45) is 17.1 Å². The fraction of sp³-hybridized carbons (Fsp3) is 0.556. The topological polar surface area (TPSA) is 75.4 Å². The molecule has 0 aliphatic carbocycles. The summed E-state index contributed by atoms with van der Waals surface area (Å²) in [6.45, 7) is 9.24. The van der Waals surface area contributed by atoms with Crippen LogP contribution in [0.5, 0.6) is 0 Å². The molecule has 23 heavy (non-hydrogen) atoms. The summed E-state index contributed by atoms with van der Waals surface area (Å²) in [4.78, 5) is 26.2. The van der Waals surface area contributed by atoms with Gasteiger partial charge in [-0.05, 0) is 36.1 Å². The molecule has 1 aliphatic rings. The molecule has 0 bridgehead atoms. The van der Waals surface area contributed by atoms with Gasteiger partial charge in [-0.2, -0.15) is 0 Å². The van der Waals surface area contributed by atoms with Gasteiger partial charge >= 0.3 is 0 Å². The monoisotopic (exact) mass is 317 g/mol. The van der Waals surface area contributed by atoms with Gasteiger partial charge in [0, 0.05) is 36.3 Å². The largest absolute Gasteiger partial charge is 0.338 e. The Hall–Kier alpha value is -1.88. The Morgan fingerprint density at radius 3 is 2.39 bits per heavy atom. The van der Waals surface area contributed by atoms with E-state index in [0.717, 1.165) is 6.42 Å². The Labute approximate surface area is 138 Å². The average molecular weight is 317 g/mol. The number of likely N-dealkylation sites (tertiary alicyclic amines) is 1. The standard InChI is InChI=1S/C18H27N3O2/c1-12(2)16(22)20-14-7-5-13(6-8-14)17(23)21-10-9-15(19)18(3,4)11-21/h5-8,12,15H,9-11,19H2,1-4H3,(H,20,22). The first kappa shape index (κ1) is 17.5. The molecular formula is C18H27N3O2. The van der Waals surface area contributed by atoms with Crippen molar-refractivity contribution in [2.45, 2.75) is 40.2 Å². The van der Waals surface area contributed by atoms with E-state index in [1.165, 1.54) is 0 Å². The third-order valence-corrected chi connectivity index (χ3v) is 4.52. The van der Waals surface area contributed by atoms with Crippen molar-refractivity contribution in [3.8, 4) is 0 Å². The van der Waals surface area contributed by atoms with Gasteiger partial charge in [0.25, 0.3) is 5.91 Å². The number of hydrogen-bond donors (Lipinski definition) is 2. The van der Waals surface area contributed by atoms with Gasteiger partial charge in [-0.3, -0.25) is 9.59 Å². The predicted molar refractivity (Wildman–Crippen MR) is 92.2 cm³/mol. The maximum Gasteiger partial charge on any atom is 0.253 e. The molecule has 1 aromatic rings. The van der Waals surface area contributed by atoms with Crippen LogP contribution in [-0.4, -0.2) is 35.8 Å². The maximum absolute atomic E-state index is 12.6. The zero-order chi connectivity index (χ0) is 17.2. The van der Waals surface area contributed by atoms with Crippen LogP contribution in [0.1, 0.15) is 44.5 Å². The number of nitrogens with two attached hydrogens (primary N) is 1. The van der Waals surface area contributed by atoms with Crippen LogP contribution in [0.15, 0.2) is 24.3 Å². The quantitative estimate of drug-likeness (QED) is 0.899. The van der Waals surface area contributed by atoms with Crippen molar-refractivity contribution >= 4 is 17.5 Å². The molecule has 0 aromatic heterocycles. The minimum absolute atomic E-state index is 0.0201.